The number of carbonyl (C=O) groups excluding carboxylic acids is 2. The third kappa shape index (κ3) is 2.71. The summed E-state index contributed by atoms with van der Waals surface area (Å²) in [5.74, 6) is 1.06. The Morgan fingerprint density at radius 1 is 1.27 bits per heavy atom. The van der Waals surface area contributed by atoms with E-state index in [1.165, 1.54) is 0 Å². The Kier molecular flexibility index (Phi) is 4.61. The lowest BCUT2D eigenvalue weighted by atomic mass is 9.87. The Morgan fingerprint density at radius 3 is 2.59 bits per heavy atom. The van der Waals surface area contributed by atoms with Crippen molar-refractivity contribution in [1.29, 1.82) is 0 Å². The molecule has 0 aromatic heterocycles. The van der Waals surface area contributed by atoms with E-state index in [0.717, 1.165) is 5.56 Å². The molecule has 3 rings (SSSR count). The smallest absolute Gasteiger partial charge is 0.248 e. The average molecular weight is 341 g/mol. The van der Waals surface area contributed by atoms with Crippen LogP contribution < -0.4 is 0 Å². The van der Waals surface area contributed by atoms with E-state index in [4.69, 9.17) is 16.3 Å². The van der Waals surface area contributed by atoms with Crippen molar-refractivity contribution in [2.75, 3.05) is 31.9 Å². The van der Waals surface area contributed by atoms with Crippen LogP contribution in [-0.4, -0.2) is 59.5 Å². The number of ether oxygens (including phenoxy) is 1. The molecule has 118 valence electrons. The molecular formula is C15H17ClN2O3S. The summed E-state index contributed by atoms with van der Waals surface area (Å²) < 4.78 is 5.08. The minimum Gasteiger partial charge on any atom is -0.383 e. The summed E-state index contributed by atoms with van der Waals surface area (Å²) in [6.45, 7) is 1.000. The molecule has 0 bridgehead atoms. The van der Waals surface area contributed by atoms with Crippen LogP contribution in [0.3, 0.4) is 0 Å². The zero-order chi connectivity index (χ0) is 15.7. The SMILES string of the molecule is COCCN1C(=O)[C@H](N2CSCC2=O)[C@H]1c1ccc(Cl)cc1. The Morgan fingerprint density at radius 2 is 2.00 bits per heavy atom. The van der Waals surface area contributed by atoms with Gasteiger partial charge in [-0.15, -0.1) is 11.8 Å². The first-order chi connectivity index (χ1) is 10.6. The Balaban J connectivity index is 1.86. The number of amides is 2. The van der Waals surface area contributed by atoms with E-state index < -0.39 is 6.04 Å². The number of carbonyl (C=O) groups is 2. The molecule has 0 spiro atoms. The standard InChI is InChI=1S/C15H17ClN2O3S/c1-21-7-6-17-13(10-2-4-11(16)5-3-10)14(15(17)20)18-9-22-8-12(18)19/h2-5,13-14H,6-9H2,1H3/t13-,14-/m1/s1. The van der Waals surface area contributed by atoms with Crippen LogP contribution in [0.5, 0.6) is 0 Å². The molecule has 2 fully saturated rings. The topological polar surface area (TPSA) is 49.9 Å². The number of halogens is 1. The predicted molar refractivity (Wildman–Crippen MR) is 85.7 cm³/mol. The van der Waals surface area contributed by atoms with Crippen molar-refractivity contribution in [3.63, 3.8) is 0 Å². The molecule has 2 saturated heterocycles. The van der Waals surface area contributed by atoms with E-state index in [1.807, 2.05) is 24.3 Å². The number of likely N-dealkylation sites (tertiary alicyclic amines) is 1. The van der Waals surface area contributed by atoms with Crippen LogP contribution in [0.15, 0.2) is 24.3 Å². The van der Waals surface area contributed by atoms with Gasteiger partial charge >= 0.3 is 0 Å². The molecule has 5 nitrogen and oxygen atoms in total. The van der Waals surface area contributed by atoms with E-state index in [2.05, 4.69) is 0 Å². The molecule has 1 aromatic carbocycles. The first-order valence-electron chi connectivity index (χ1n) is 7.05. The number of benzene rings is 1. The van der Waals surface area contributed by atoms with E-state index in [-0.39, 0.29) is 17.9 Å². The minimum absolute atomic E-state index is 0.00662. The first kappa shape index (κ1) is 15.6. The van der Waals surface area contributed by atoms with E-state index in [0.29, 0.717) is 29.8 Å². The summed E-state index contributed by atoms with van der Waals surface area (Å²) >= 11 is 7.49. The molecular weight excluding hydrogens is 324 g/mol. The quantitative estimate of drug-likeness (QED) is 0.767. The number of hydrogen-bond acceptors (Lipinski definition) is 4. The van der Waals surface area contributed by atoms with Gasteiger partial charge < -0.3 is 14.5 Å². The van der Waals surface area contributed by atoms with Crippen molar-refractivity contribution in [2.45, 2.75) is 12.1 Å². The second-order valence-corrected chi connectivity index (χ2v) is 6.70. The number of hydrogen-bond donors (Lipinski definition) is 0. The number of nitrogens with zero attached hydrogens (tertiary/aromatic N) is 2. The lowest BCUT2D eigenvalue weighted by Gasteiger charge is -2.50. The molecule has 1 aromatic rings. The summed E-state index contributed by atoms with van der Waals surface area (Å²) in [6, 6.07) is 6.93. The Labute approximate surface area is 138 Å². The Hall–Kier alpha value is -1.24. The molecule has 0 saturated carbocycles. The van der Waals surface area contributed by atoms with Gasteiger partial charge in [-0.3, -0.25) is 9.59 Å². The molecule has 0 radical (unpaired) electrons. The lowest BCUT2D eigenvalue weighted by molar-refractivity contribution is -0.164. The highest BCUT2D eigenvalue weighted by Crippen LogP contribution is 2.40. The molecule has 2 aliphatic rings. The monoisotopic (exact) mass is 340 g/mol. The van der Waals surface area contributed by atoms with Crippen LogP contribution in [-0.2, 0) is 14.3 Å². The molecule has 22 heavy (non-hydrogen) atoms. The molecule has 2 amide bonds. The molecule has 0 N–H and O–H groups in total. The van der Waals surface area contributed by atoms with Crippen LogP contribution in [0, 0.1) is 0 Å². The summed E-state index contributed by atoms with van der Waals surface area (Å²) in [6.07, 6.45) is 0. The van der Waals surface area contributed by atoms with Crippen molar-refractivity contribution in [2.24, 2.45) is 0 Å². The van der Waals surface area contributed by atoms with Gasteiger partial charge in [-0.25, -0.2) is 0 Å². The van der Waals surface area contributed by atoms with Gasteiger partial charge in [0, 0.05) is 18.7 Å². The van der Waals surface area contributed by atoms with Gasteiger partial charge in [0.1, 0.15) is 6.04 Å². The van der Waals surface area contributed by atoms with Crippen molar-refractivity contribution < 1.29 is 14.3 Å². The highest BCUT2D eigenvalue weighted by molar-refractivity contribution is 8.00. The normalized spacial score (nSPS) is 24.8. The van der Waals surface area contributed by atoms with Gasteiger partial charge in [-0.2, -0.15) is 0 Å². The lowest BCUT2D eigenvalue weighted by Crippen LogP contribution is -2.66. The van der Waals surface area contributed by atoms with Crippen molar-refractivity contribution >= 4 is 35.2 Å². The van der Waals surface area contributed by atoms with Crippen LogP contribution in [0.25, 0.3) is 0 Å². The van der Waals surface area contributed by atoms with Gasteiger partial charge in [0.05, 0.1) is 24.3 Å². The predicted octanol–water partition coefficient (Wildman–Crippen LogP) is 1.77. The molecule has 7 heteroatoms. The van der Waals surface area contributed by atoms with Crippen molar-refractivity contribution in [1.82, 2.24) is 9.80 Å². The van der Waals surface area contributed by atoms with Crippen LogP contribution in [0.2, 0.25) is 5.02 Å². The molecule has 2 aliphatic heterocycles. The number of methoxy groups -OCH3 is 1. The maximum Gasteiger partial charge on any atom is 0.248 e. The maximum absolute atomic E-state index is 12.5. The van der Waals surface area contributed by atoms with Crippen molar-refractivity contribution in [3.05, 3.63) is 34.9 Å². The highest BCUT2D eigenvalue weighted by Gasteiger charge is 2.52. The van der Waals surface area contributed by atoms with Crippen LogP contribution >= 0.6 is 23.4 Å². The van der Waals surface area contributed by atoms with Crippen LogP contribution in [0.1, 0.15) is 11.6 Å². The fourth-order valence-electron chi connectivity index (χ4n) is 2.92. The maximum atomic E-state index is 12.5. The fourth-order valence-corrected chi connectivity index (χ4v) is 3.98. The largest absolute Gasteiger partial charge is 0.383 e. The summed E-state index contributed by atoms with van der Waals surface area (Å²) in [5, 5.41) is 0.655. The van der Waals surface area contributed by atoms with Crippen LogP contribution in [0.4, 0.5) is 0 Å². The summed E-state index contributed by atoms with van der Waals surface area (Å²) in [5.41, 5.74) is 0.995. The summed E-state index contributed by atoms with van der Waals surface area (Å²) in [7, 11) is 1.61. The van der Waals surface area contributed by atoms with Gasteiger partial charge in [-0.1, -0.05) is 23.7 Å². The third-order valence-electron chi connectivity index (χ3n) is 4.03. The third-order valence-corrected chi connectivity index (χ3v) is 5.19. The fraction of sp³-hybridized carbons (Fsp3) is 0.467. The second-order valence-electron chi connectivity index (χ2n) is 5.31. The number of β-lactam (4-membered cyclic amide) rings is 1. The molecule has 2 heterocycles. The summed E-state index contributed by atoms with van der Waals surface area (Å²) in [4.78, 5) is 27.9. The number of thioether (sulfide) groups is 1. The van der Waals surface area contributed by atoms with Crippen molar-refractivity contribution in [3.8, 4) is 0 Å². The Bertz CT molecular complexity index is 581. The van der Waals surface area contributed by atoms with Gasteiger partial charge in [0.2, 0.25) is 11.8 Å². The zero-order valence-electron chi connectivity index (χ0n) is 12.2. The highest BCUT2D eigenvalue weighted by atomic mass is 35.5. The van der Waals surface area contributed by atoms with E-state index >= 15 is 0 Å². The molecule has 0 unspecified atom stereocenters. The van der Waals surface area contributed by atoms with Gasteiger partial charge in [0.15, 0.2) is 0 Å². The van der Waals surface area contributed by atoms with Gasteiger partial charge in [-0.05, 0) is 17.7 Å². The minimum atomic E-state index is -0.402. The zero-order valence-corrected chi connectivity index (χ0v) is 13.8. The first-order valence-corrected chi connectivity index (χ1v) is 8.59. The number of rotatable bonds is 5. The van der Waals surface area contributed by atoms with E-state index in [9.17, 15) is 9.59 Å². The molecule has 0 aliphatic carbocycles. The van der Waals surface area contributed by atoms with E-state index in [1.54, 1.807) is 28.7 Å². The molecule has 2 atom stereocenters. The second kappa shape index (κ2) is 6.48. The average Bonchev–Trinajstić information content (AvgIpc) is 2.92. The van der Waals surface area contributed by atoms with Gasteiger partial charge in [0.25, 0.3) is 0 Å².